The predicted octanol–water partition coefficient (Wildman–Crippen LogP) is 6.32. The number of piperidine rings is 1. The standard InChI is InChI=1S/C26H30N2O4/c1-26(2,3)32-25(29)28-15-12-20(13-16-28)18-19-4-8-22(9-5-19)31-23-10-6-21(7-11-23)24-27-14-17-30-24/h4-11,14,17,20H,12-13,15-16,18H2,1-3H3. The molecule has 0 aliphatic carbocycles. The van der Waals surface area contributed by atoms with Gasteiger partial charge < -0.3 is 18.8 Å². The van der Waals surface area contributed by atoms with Crippen molar-refractivity contribution in [1.82, 2.24) is 9.88 Å². The number of likely N-dealkylation sites (tertiary alicyclic amines) is 1. The maximum Gasteiger partial charge on any atom is 0.410 e. The Morgan fingerprint density at radius 1 is 1.03 bits per heavy atom. The average molecular weight is 435 g/mol. The molecule has 1 aliphatic rings. The molecule has 6 heteroatoms. The van der Waals surface area contributed by atoms with Crippen LogP contribution in [0.1, 0.15) is 39.2 Å². The summed E-state index contributed by atoms with van der Waals surface area (Å²) in [5.41, 5.74) is 1.75. The zero-order valence-corrected chi connectivity index (χ0v) is 18.9. The number of rotatable bonds is 5. The lowest BCUT2D eigenvalue weighted by molar-refractivity contribution is 0.0184. The molecule has 0 atom stereocenters. The number of oxazole rings is 1. The lowest BCUT2D eigenvalue weighted by Crippen LogP contribution is -2.42. The molecule has 0 radical (unpaired) electrons. The van der Waals surface area contributed by atoms with Crippen LogP contribution in [0.25, 0.3) is 11.5 Å². The lowest BCUT2D eigenvalue weighted by atomic mass is 9.90. The molecule has 2 heterocycles. The highest BCUT2D eigenvalue weighted by Gasteiger charge is 2.26. The summed E-state index contributed by atoms with van der Waals surface area (Å²) in [5, 5.41) is 0. The number of aromatic nitrogens is 1. The summed E-state index contributed by atoms with van der Waals surface area (Å²) >= 11 is 0. The fraction of sp³-hybridized carbons (Fsp3) is 0.385. The predicted molar refractivity (Wildman–Crippen MR) is 123 cm³/mol. The van der Waals surface area contributed by atoms with E-state index < -0.39 is 5.60 Å². The topological polar surface area (TPSA) is 64.8 Å². The summed E-state index contributed by atoms with van der Waals surface area (Å²) < 4.78 is 16.8. The molecular formula is C26H30N2O4. The van der Waals surface area contributed by atoms with E-state index >= 15 is 0 Å². The van der Waals surface area contributed by atoms with E-state index in [-0.39, 0.29) is 6.09 Å². The van der Waals surface area contributed by atoms with Gasteiger partial charge in [0.2, 0.25) is 5.89 Å². The van der Waals surface area contributed by atoms with E-state index in [4.69, 9.17) is 13.9 Å². The van der Waals surface area contributed by atoms with Crippen molar-refractivity contribution in [2.24, 2.45) is 5.92 Å². The molecule has 0 unspecified atom stereocenters. The minimum absolute atomic E-state index is 0.203. The smallest absolute Gasteiger partial charge is 0.410 e. The number of carbonyl (C=O) groups is 1. The number of nitrogens with zero attached hydrogens (tertiary/aromatic N) is 2. The molecule has 4 rings (SSSR count). The normalized spacial score (nSPS) is 14.9. The molecule has 0 spiro atoms. The van der Waals surface area contributed by atoms with Crippen molar-refractivity contribution >= 4 is 6.09 Å². The van der Waals surface area contributed by atoms with Gasteiger partial charge in [0.25, 0.3) is 0 Å². The first-order valence-electron chi connectivity index (χ1n) is 11.1. The first-order valence-corrected chi connectivity index (χ1v) is 11.1. The first kappa shape index (κ1) is 21.9. The summed E-state index contributed by atoms with van der Waals surface area (Å²) in [4.78, 5) is 18.2. The fourth-order valence-corrected chi connectivity index (χ4v) is 3.84. The van der Waals surface area contributed by atoms with E-state index in [2.05, 4.69) is 17.1 Å². The van der Waals surface area contributed by atoms with E-state index in [0.29, 0.717) is 11.8 Å². The Kier molecular flexibility index (Phi) is 6.49. The third-order valence-electron chi connectivity index (χ3n) is 5.48. The van der Waals surface area contributed by atoms with Crippen molar-refractivity contribution < 1.29 is 18.7 Å². The van der Waals surface area contributed by atoms with Gasteiger partial charge in [-0.25, -0.2) is 9.78 Å². The maximum absolute atomic E-state index is 12.2. The molecule has 32 heavy (non-hydrogen) atoms. The molecule has 6 nitrogen and oxygen atoms in total. The van der Waals surface area contributed by atoms with Crippen molar-refractivity contribution in [3.63, 3.8) is 0 Å². The zero-order chi connectivity index (χ0) is 22.6. The second-order valence-electron chi connectivity index (χ2n) is 9.22. The molecule has 3 aromatic rings. The fourth-order valence-electron chi connectivity index (χ4n) is 3.84. The van der Waals surface area contributed by atoms with E-state index in [0.717, 1.165) is 49.4 Å². The molecule has 2 aromatic carbocycles. The SMILES string of the molecule is CC(C)(C)OC(=O)N1CCC(Cc2ccc(Oc3ccc(-c4ncco4)cc3)cc2)CC1. The molecule has 168 valence electrons. The highest BCUT2D eigenvalue weighted by Crippen LogP contribution is 2.27. The molecule has 0 bridgehead atoms. The molecule has 1 fully saturated rings. The van der Waals surface area contributed by atoms with Crippen LogP contribution in [0.3, 0.4) is 0 Å². The summed E-state index contributed by atoms with van der Waals surface area (Å²) in [5.74, 6) is 2.74. The van der Waals surface area contributed by atoms with Crippen LogP contribution in [0.5, 0.6) is 11.5 Å². The minimum atomic E-state index is -0.448. The van der Waals surface area contributed by atoms with Crippen LogP contribution in [0.4, 0.5) is 4.79 Å². The van der Waals surface area contributed by atoms with Crippen molar-refractivity contribution in [2.75, 3.05) is 13.1 Å². The van der Waals surface area contributed by atoms with Gasteiger partial charge in [-0.2, -0.15) is 0 Å². The van der Waals surface area contributed by atoms with Crippen LogP contribution >= 0.6 is 0 Å². The van der Waals surface area contributed by atoms with Crippen molar-refractivity contribution in [2.45, 2.75) is 45.6 Å². The molecule has 0 saturated carbocycles. The molecule has 1 aliphatic heterocycles. The lowest BCUT2D eigenvalue weighted by Gasteiger charge is -2.33. The third kappa shape index (κ3) is 5.90. The number of hydrogen-bond donors (Lipinski definition) is 0. The van der Waals surface area contributed by atoms with Gasteiger partial charge in [0, 0.05) is 18.7 Å². The Bertz CT molecular complexity index is 997. The van der Waals surface area contributed by atoms with E-state index in [1.165, 1.54) is 5.56 Å². The second-order valence-corrected chi connectivity index (χ2v) is 9.22. The molecule has 1 saturated heterocycles. The van der Waals surface area contributed by atoms with Crippen molar-refractivity contribution in [1.29, 1.82) is 0 Å². The van der Waals surface area contributed by atoms with Crippen LogP contribution in [0.15, 0.2) is 65.4 Å². The summed E-state index contributed by atoms with van der Waals surface area (Å²) in [7, 11) is 0. The van der Waals surface area contributed by atoms with Gasteiger partial charge in [-0.3, -0.25) is 0 Å². The minimum Gasteiger partial charge on any atom is -0.457 e. The Morgan fingerprint density at radius 2 is 1.66 bits per heavy atom. The molecular weight excluding hydrogens is 404 g/mol. The van der Waals surface area contributed by atoms with Gasteiger partial charge in [0.1, 0.15) is 23.4 Å². The highest BCUT2D eigenvalue weighted by atomic mass is 16.6. The van der Waals surface area contributed by atoms with E-state index in [9.17, 15) is 4.79 Å². The summed E-state index contributed by atoms with van der Waals surface area (Å²) in [6.07, 6.45) is 5.98. The summed E-state index contributed by atoms with van der Waals surface area (Å²) in [6.45, 7) is 7.21. The van der Waals surface area contributed by atoms with Gasteiger partial charge in [-0.05, 0) is 87.9 Å². The number of ether oxygens (including phenoxy) is 2. The third-order valence-corrected chi connectivity index (χ3v) is 5.48. The van der Waals surface area contributed by atoms with Gasteiger partial charge >= 0.3 is 6.09 Å². The largest absolute Gasteiger partial charge is 0.457 e. The average Bonchev–Trinajstić information content (AvgIpc) is 3.30. The van der Waals surface area contributed by atoms with Crippen LogP contribution < -0.4 is 4.74 Å². The number of carbonyl (C=O) groups excluding carboxylic acids is 1. The van der Waals surface area contributed by atoms with Gasteiger partial charge in [-0.15, -0.1) is 0 Å². The zero-order valence-electron chi connectivity index (χ0n) is 18.9. The van der Waals surface area contributed by atoms with E-state index in [1.807, 2.05) is 62.1 Å². The Labute approximate surface area is 189 Å². The number of benzene rings is 2. The quantitative estimate of drug-likeness (QED) is 0.470. The Balaban J connectivity index is 1.26. The van der Waals surface area contributed by atoms with Crippen LogP contribution in [-0.2, 0) is 11.2 Å². The second kappa shape index (κ2) is 9.47. The van der Waals surface area contributed by atoms with Crippen LogP contribution in [0.2, 0.25) is 0 Å². The summed E-state index contributed by atoms with van der Waals surface area (Å²) in [6, 6.07) is 15.9. The molecule has 1 amide bonds. The number of amides is 1. The van der Waals surface area contributed by atoms with Crippen LogP contribution in [0, 0.1) is 5.92 Å². The number of hydrogen-bond acceptors (Lipinski definition) is 5. The molecule has 0 N–H and O–H groups in total. The Morgan fingerprint density at radius 3 is 2.22 bits per heavy atom. The highest BCUT2D eigenvalue weighted by molar-refractivity contribution is 5.68. The Hall–Kier alpha value is -3.28. The first-order chi connectivity index (χ1) is 15.4. The maximum atomic E-state index is 12.2. The van der Waals surface area contributed by atoms with E-state index in [1.54, 1.807) is 12.5 Å². The van der Waals surface area contributed by atoms with Crippen molar-refractivity contribution in [3.05, 3.63) is 66.6 Å². The van der Waals surface area contributed by atoms with Crippen molar-refractivity contribution in [3.8, 4) is 23.0 Å². The monoisotopic (exact) mass is 434 g/mol. The van der Waals surface area contributed by atoms with Gasteiger partial charge in [-0.1, -0.05) is 12.1 Å². The van der Waals surface area contributed by atoms with Gasteiger partial charge in [0.05, 0.1) is 6.20 Å². The molecule has 1 aromatic heterocycles. The van der Waals surface area contributed by atoms with Gasteiger partial charge in [0.15, 0.2) is 0 Å². The van der Waals surface area contributed by atoms with Crippen LogP contribution in [-0.4, -0.2) is 34.7 Å².